The SMILES string of the molecule is CCCC(N)=O.CCc1nn[nH]n1. The number of nitrogens with one attached hydrogen (secondary N) is 1. The summed E-state index contributed by atoms with van der Waals surface area (Å²) in [5.41, 5.74) is 4.76. The van der Waals surface area contributed by atoms with Gasteiger partial charge in [-0.25, -0.2) is 0 Å². The number of H-pyrrole nitrogens is 1. The van der Waals surface area contributed by atoms with Gasteiger partial charge in [0.15, 0.2) is 5.82 Å². The standard InChI is InChI=1S/C4H9NO.C3H6N4/c1-2-3-4(5)6;1-2-3-4-6-7-5-3/h2-3H2,1H3,(H2,5,6);2H2,1H3,(H,4,5,6,7). The number of amides is 1. The lowest BCUT2D eigenvalue weighted by Crippen LogP contribution is -2.08. The topological polar surface area (TPSA) is 97.5 Å². The molecule has 3 N–H and O–H groups in total. The fourth-order valence-corrected chi connectivity index (χ4v) is 0.579. The second-order valence-electron chi connectivity index (χ2n) is 2.40. The Bertz CT molecular complexity index is 221. The van der Waals surface area contributed by atoms with Crippen LogP contribution in [0.25, 0.3) is 0 Å². The van der Waals surface area contributed by atoms with Gasteiger partial charge in [-0.3, -0.25) is 4.79 Å². The van der Waals surface area contributed by atoms with E-state index >= 15 is 0 Å². The monoisotopic (exact) mass is 185 g/mol. The Balaban J connectivity index is 0.000000226. The molecule has 0 fully saturated rings. The van der Waals surface area contributed by atoms with Crippen molar-refractivity contribution in [2.45, 2.75) is 33.1 Å². The molecule has 1 amide bonds. The molecular weight excluding hydrogens is 170 g/mol. The first-order valence-corrected chi connectivity index (χ1v) is 4.21. The second-order valence-corrected chi connectivity index (χ2v) is 2.40. The number of tetrazole rings is 1. The van der Waals surface area contributed by atoms with Crippen LogP contribution in [0.4, 0.5) is 0 Å². The van der Waals surface area contributed by atoms with Crippen LogP contribution in [0.3, 0.4) is 0 Å². The molecule has 6 nitrogen and oxygen atoms in total. The van der Waals surface area contributed by atoms with E-state index in [1.807, 2.05) is 13.8 Å². The zero-order valence-electron chi connectivity index (χ0n) is 7.95. The third kappa shape index (κ3) is 6.92. The molecule has 0 radical (unpaired) electrons. The van der Waals surface area contributed by atoms with Crippen molar-refractivity contribution in [3.05, 3.63) is 5.82 Å². The van der Waals surface area contributed by atoms with E-state index in [1.165, 1.54) is 0 Å². The van der Waals surface area contributed by atoms with Gasteiger partial charge in [-0.2, -0.15) is 5.21 Å². The molecule has 0 aliphatic heterocycles. The van der Waals surface area contributed by atoms with Crippen LogP contribution in [0.15, 0.2) is 0 Å². The lowest BCUT2D eigenvalue weighted by molar-refractivity contribution is -0.118. The van der Waals surface area contributed by atoms with Gasteiger partial charge in [0.2, 0.25) is 5.91 Å². The molecule has 0 aromatic carbocycles. The first-order valence-electron chi connectivity index (χ1n) is 4.21. The van der Waals surface area contributed by atoms with Gasteiger partial charge >= 0.3 is 0 Å². The predicted molar refractivity (Wildman–Crippen MR) is 47.7 cm³/mol. The Labute approximate surface area is 76.9 Å². The van der Waals surface area contributed by atoms with Gasteiger partial charge in [0.1, 0.15) is 0 Å². The van der Waals surface area contributed by atoms with E-state index in [0.717, 1.165) is 18.7 Å². The van der Waals surface area contributed by atoms with E-state index in [2.05, 4.69) is 20.6 Å². The minimum Gasteiger partial charge on any atom is -0.370 e. The molecule has 1 rings (SSSR count). The highest BCUT2D eigenvalue weighted by Gasteiger charge is 1.87. The molecule has 0 aliphatic rings. The normalized spacial score (nSPS) is 8.77. The van der Waals surface area contributed by atoms with E-state index < -0.39 is 0 Å². The molecular formula is C7H15N5O. The van der Waals surface area contributed by atoms with E-state index in [1.54, 1.807) is 0 Å². The highest BCUT2D eigenvalue weighted by Crippen LogP contribution is 1.80. The summed E-state index contributed by atoms with van der Waals surface area (Å²) in [7, 11) is 0. The minimum absolute atomic E-state index is 0.211. The van der Waals surface area contributed by atoms with Crippen LogP contribution in [-0.4, -0.2) is 26.5 Å². The average Bonchev–Trinajstić information content (AvgIpc) is 2.56. The van der Waals surface area contributed by atoms with Crippen LogP contribution in [0.2, 0.25) is 0 Å². The number of hydrogen-bond acceptors (Lipinski definition) is 4. The van der Waals surface area contributed by atoms with Crippen molar-refractivity contribution < 1.29 is 4.79 Å². The van der Waals surface area contributed by atoms with Crippen molar-refractivity contribution in [1.29, 1.82) is 0 Å². The zero-order valence-corrected chi connectivity index (χ0v) is 7.95. The number of aromatic amines is 1. The van der Waals surface area contributed by atoms with Crippen molar-refractivity contribution in [1.82, 2.24) is 20.6 Å². The lowest BCUT2D eigenvalue weighted by atomic mass is 10.3. The number of hydrogen-bond donors (Lipinski definition) is 2. The number of carbonyl (C=O) groups excluding carboxylic acids is 1. The fourth-order valence-electron chi connectivity index (χ4n) is 0.579. The summed E-state index contributed by atoms with van der Waals surface area (Å²) in [6.45, 7) is 3.90. The molecule has 0 saturated carbocycles. The Morgan fingerprint density at radius 1 is 1.54 bits per heavy atom. The Morgan fingerprint density at radius 2 is 2.23 bits per heavy atom. The van der Waals surface area contributed by atoms with Gasteiger partial charge in [0, 0.05) is 12.8 Å². The molecule has 6 heteroatoms. The van der Waals surface area contributed by atoms with E-state index in [0.29, 0.717) is 6.42 Å². The summed E-state index contributed by atoms with van der Waals surface area (Å²) < 4.78 is 0. The molecule has 1 aromatic heterocycles. The first kappa shape index (κ1) is 11.5. The van der Waals surface area contributed by atoms with Crippen LogP contribution in [-0.2, 0) is 11.2 Å². The minimum atomic E-state index is -0.211. The molecule has 13 heavy (non-hydrogen) atoms. The van der Waals surface area contributed by atoms with Crippen LogP contribution >= 0.6 is 0 Å². The summed E-state index contributed by atoms with van der Waals surface area (Å²) in [5, 5.41) is 13.1. The largest absolute Gasteiger partial charge is 0.370 e. The van der Waals surface area contributed by atoms with Crippen molar-refractivity contribution >= 4 is 5.91 Å². The Kier molecular flexibility index (Phi) is 6.39. The number of nitrogens with two attached hydrogens (primary N) is 1. The number of carbonyl (C=O) groups is 1. The quantitative estimate of drug-likeness (QED) is 0.694. The Hall–Kier alpha value is -1.46. The fraction of sp³-hybridized carbons (Fsp3) is 0.714. The molecule has 1 heterocycles. The predicted octanol–water partition coefficient (Wildman–Crippen LogP) is 0.0339. The molecule has 0 saturated heterocycles. The van der Waals surface area contributed by atoms with E-state index in [9.17, 15) is 4.79 Å². The van der Waals surface area contributed by atoms with Gasteiger partial charge in [0.05, 0.1) is 0 Å². The van der Waals surface area contributed by atoms with Crippen molar-refractivity contribution in [2.24, 2.45) is 5.73 Å². The molecule has 0 aliphatic carbocycles. The van der Waals surface area contributed by atoms with Gasteiger partial charge < -0.3 is 5.73 Å². The molecule has 0 spiro atoms. The van der Waals surface area contributed by atoms with Gasteiger partial charge in [0.25, 0.3) is 0 Å². The van der Waals surface area contributed by atoms with Crippen LogP contribution in [0.1, 0.15) is 32.5 Å². The van der Waals surface area contributed by atoms with Gasteiger partial charge in [-0.15, -0.1) is 10.2 Å². The van der Waals surface area contributed by atoms with Crippen molar-refractivity contribution in [3.8, 4) is 0 Å². The Morgan fingerprint density at radius 3 is 2.38 bits per heavy atom. The molecule has 1 aromatic rings. The summed E-state index contributed by atoms with van der Waals surface area (Å²) in [5.74, 6) is 0.553. The maximum atomic E-state index is 9.82. The molecule has 0 unspecified atom stereocenters. The number of rotatable bonds is 3. The molecule has 0 bridgehead atoms. The maximum Gasteiger partial charge on any atom is 0.217 e. The number of aryl methyl sites for hydroxylation is 1. The van der Waals surface area contributed by atoms with Crippen LogP contribution < -0.4 is 5.73 Å². The van der Waals surface area contributed by atoms with Gasteiger partial charge in [-0.05, 0) is 6.42 Å². The van der Waals surface area contributed by atoms with Crippen LogP contribution in [0, 0.1) is 0 Å². The first-order chi connectivity index (χ1) is 6.20. The number of aromatic nitrogens is 4. The number of nitrogens with zero attached hydrogens (tertiary/aromatic N) is 3. The lowest BCUT2D eigenvalue weighted by Gasteiger charge is -1.81. The summed E-state index contributed by atoms with van der Waals surface area (Å²) in [6.07, 6.45) is 2.21. The summed E-state index contributed by atoms with van der Waals surface area (Å²) in [6, 6.07) is 0. The summed E-state index contributed by atoms with van der Waals surface area (Å²) >= 11 is 0. The highest BCUT2D eigenvalue weighted by molar-refractivity contribution is 5.73. The third-order valence-corrected chi connectivity index (χ3v) is 1.20. The van der Waals surface area contributed by atoms with E-state index in [-0.39, 0.29) is 5.91 Å². The second kappa shape index (κ2) is 7.20. The molecule has 0 atom stereocenters. The van der Waals surface area contributed by atoms with Crippen LogP contribution in [0.5, 0.6) is 0 Å². The number of primary amides is 1. The summed E-state index contributed by atoms with van der Waals surface area (Å²) in [4.78, 5) is 9.82. The third-order valence-electron chi connectivity index (χ3n) is 1.20. The smallest absolute Gasteiger partial charge is 0.217 e. The van der Waals surface area contributed by atoms with Crippen molar-refractivity contribution in [3.63, 3.8) is 0 Å². The van der Waals surface area contributed by atoms with Crippen molar-refractivity contribution in [2.75, 3.05) is 0 Å². The average molecular weight is 185 g/mol. The molecule has 74 valence electrons. The van der Waals surface area contributed by atoms with Gasteiger partial charge in [-0.1, -0.05) is 19.1 Å². The zero-order chi connectivity index (χ0) is 10.1. The maximum absolute atomic E-state index is 9.82. The highest BCUT2D eigenvalue weighted by atomic mass is 16.1. The van der Waals surface area contributed by atoms with E-state index in [4.69, 9.17) is 5.73 Å².